The summed E-state index contributed by atoms with van der Waals surface area (Å²) in [5.41, 5.74) is 6.93. The van der Waals surface area contributed by atoms with Gasteiger partial charge in [0.15, 0.2) is 0 Å². The Labute approximate surface area is 155 Å². The summed E-state index contributed by atoms with van der Waals surface area (Å²) in [5, 5.41) is 5.68. The van der Waals surface area contributed by atoms with Crippen LogP contribution in [0.4, 0.5) is 4.39 Å². The summed E-state index contributed by atoms with van der Waals surface area (Å²) < 4.78 is 14.1. The van der Waals surface area contributed by atoms with Crippen LogP contribution in [0.15, 0.2) is 28.5 Å². The zero-order chi connectivity index (χ0) is 19.7. The molecule has 0 aromatic rings. The summed E-state index contributed by atoms with van der Waals surface area (Å²) >= 11 is 0. The number of hydrogen-bond donors (Lipinski definition) is 3. The van der Waals surface area contributed by atoms with Crippen LogP contribution in [0, 0.1) is 0 Å². The molecule has 2 amide bonds. The number of hydrogen-bond acceptors (Lipinski definition) is 4. The fraction of sp³-hybridized carbons (Fsp3) is 0.632. The molecule has 0 bridgehead atoms. The van der Waals surface area contributed by atoms with E-state index in [0.29, 0.717) is 32.1 Å². The van der Waals surface area contributed by atoms with Crippen LogP contribution in [0.1, 0.15) is 52.9 Å². The van der Waals surface area contributed by atoms with E-state index in [1.54, 1.807) is 6.92 Å². The molecule has 0 spiro atoms. The molecule has 0 saturated carbocycles. The first-order valence-electron chi connectivity index (χ1n) is 9.09. The van der Waals surface area contributed by atoms with Gasteiger partial charge in [0.25, 0.3) is 0 Å². The van der Waals surface area contributed by atoms with Crippen LogP contribution in [0.25, 0.3) is 0 Å². The Kier molecular flexibility index (Phi) is 8.65. The molecular weight excluding hydrogens is 335 g/mol. The van der Waals surface area contributed by atoms with Crippen LogP contribution < -0.4 is 16.4 Å². The first kappa shape index (κ1) is 22.0. The minimum atomic E-state index is -1.01. The SMILES string of the molecule is C=C(F)C1(C)CCC[C@H](NC(=O)CCN)/C(C)=C(\CNC=O)C(CC)=N1. The molecule has 146 valence electrons. The molecule has 0 aromatic heterocycles. The number of halogens is 1. The molecule has 2 atom stereocenters. The van der Waals surface area contributed by atoms with E-state index in [4.69, 9.17) is 5.73 Å². The highest BCUT2D eigenvalue weighted by Gasteiger charge is 2.31. The molecule has 7 heteroatoms. The van der Waals surface area contributed by atoms with E-state index in [1.165, 1.54) is 0 Å². The van der Waals surface area contributed by atoms with E-state index in [1.807, 2.05) is 13.8 Å². The topological polar surface area (TPSA) is 96.6 Å². The summed E-state index contributed by atoms with van der Waals surface area (Å²) in [7, 11) is 0. The van der Waals surface area contributed by atoms with Crippen molar-refractivity contribution in [3.05, 3.63) is 23.6 Å². The van der Waals surface area contributed by atoms with Crippen LogP contribution in [-0.2, 0) is 9.59 Å². The first-order chi connectivity index (χ1) is 12.3. The van der Waals surface area contributed by atoms with Gasteiger partial charge in [-0.3, -0.25) is 14.6 Å². The molecule has 1 aliphatic rings. The van der Waals surface area contributed by atoms with E-state index in [0.717, 1.165) is 16.9 Å². The van der Waals surface area contributed by atoms with Gasteiger partial charge < -0.3 is 16.4 Å². The number of carbonyl (C=O) groups excluding carboxylic acids is 2. The quantitative estimate of drug-likeness (QED) is 0.574. The molecule has 0 radical (unpaired) electrons. The van der Waals surface area contributed by atoms with Crippen LogP contribution in [0.5, 0.6) is 0 Å². The van der Waals surface area contributed by atoms with Gasteiger partial charge in [0.05, 0.1) is 6.04 Å². The van der Waals surface area contributed by atoms with E-state index in [2.05, 4.69) is 22.2 Å². The molecular formula is C19H31FN4O2. The molecule has 1 rings (SSSR count). The molecule has 1 unspecified atom stereocenters. The fourth-order valence-corrected chi connectivity index (χ4v) is 3.18. The van der Waals surface area contributed by atoms with Gasteiger partial charge in [-0.25, -0.2) is 4.39 Å². The molecule has 26 heavy (non-hydrogen) atoms. The average molecular weight is 366 g/mol. The van der Waals surface area contributed by atoms with E-state index in [9.17, 15) is 14.0 Å². The van der Waals surface area contributed by atoms with Crippen molar-refractivity contribution in [3.8, 4) is 0 Å². The van der Waals surface area contributed by atoms with Crippen molar-refractivity contribution in [3.63, 3.8) is 0 Å². The molecule has 0 aliphatic carbocycles. The third-order valence-electron chi connectivity index (χ3n) is 4.87. The molecule has 4 N–H and O–H groups in total. The first-order valence-corrected chi connectivity index (χ1v) is 9.09. The van der Waals surface area contributed by atoms with Gasteiger partial charge in [-0.2, -0.15) is 0 Å². The largest absolute Gasteiger partial charge is 0.355 e. The standard InChI is InChI=1S/C19H31FN4O2/c1-5-16-15(11-22-12-25)13(2)17(23-18(26)8-10-21)7-6-9-19(4,24-16)14(3)20/h12,17H,3,5-11,21H2,1-2,4H3,(H,22,25)(H,23,26)/b15-13+,24-16?/t17-,19?/m0/s1. The number of carbonyl (C=O) groups is 2. The average Bonchev–Trinajstić information content (AvgIpc) is 2.63. The van der Waals surface area contributed by atoms with Gasteiger partial charge in [0, 0.05) is 25.2 Å². The minimum absolute atomic E-state index is 0.119. The molecule has 1 aliphatic heterocycles. The van der Waals surface area contributed by atoms with E-state index >= 15 is 0 Å². The lowest BCUT2D eigenvalue weighted by molar-refractivity contribution is -0.121. The smallest absolute Gasteiger partial charge is 0.221 e. The Morgan fingerprint density at radius 1 is 1.54 bits per heavy atom. The maximum absolute atomic E-state index is 14.1. The number of nitrogens with two attached hydrogens (primary N) is 1. The number of nitrogens with zero attached hydrogens (tertiary/aromatic N) is 1. The summed E-state index contributed by atoms with van der Waals surface area (Å²) in [6, 6.07) is -0.204. The van der Waals surface area contributed by atoms with E-state index < -0.39 is 11.4 Å². The van der Waals surface area contributed by atoms with Crippen LogP contribution >= 0.6 is 0 Å². The van der Waals surface area contributed by atoms with Crippen molar-refractivity contribution in [1.29, 1.82) is 0 Å². The van der Waals surface area contributed by atoms with Gasteiger partial charge in [-0.1, -0.05) is 13.5 Å². The predicted octanol–water partition coefficient (Wildman–Crippen LogP) is 2.16. The lowest BCUT2D eigenvalue weighted by Gasteiger charge is -2.24. The van der Waals surface area contributed by atoms with Gasteiger partial charge in [0.2, 0.25) is 12.3 Å². The van der Waals surface area contributed by atoms with Crippen molar-refractivity contribution in [1.82, 2.24) is 10.6 Å². The maximum Gasteiger partial charge on any atom is 0.221 e. The van der Waals surface area contributed by atoms with Gasteiger partial charge in [0.1, 0.15) is 11.4 Å². The van der Waals surface area contributed by atoms with Crippen molar-refractivity contribution >= 4 is 18.0 Å². The fourth-order valence-electron chi connectivity index (χ4n) is 3.18. The minimum Gasteiger partial charge on any atom is -0.355 e. The Bertz CT molecular complexity index is 600. The molecule has 1 heterocycles. The second kappa shape index (κ2) is 10.2. The van der Waals surface area contributed by atoms with Gasteiger partial charge in [-0.15, -0.1) is 0 Å². The Balaban J connectivity index is 3.36. The lowest BCUT2D eigenvalue weighted by Crippen LogP contribution is -2.38. The molecule has 6 nitrogen and oxygen atoms in total. The van der Waals surface area contributed by atoms with Crippen LogP contribution in [0.2, 0.25) is 0 Å². The molecule has 0 fully saturated rings. The number of nitrogens with one attached hydrogen (secondary N) is 2. The van der Waals surface area contributed by atoms with Crippen molar-refractivity contribution < 1.29 is 14.0 Å². The highest BCUT2D eigenvalue weighted by Crippen LogP contribution is 2.32. The Hall–Kier alpha value is -2.02. The highest BCUT2D eigenvalue weighted by molar-refractivity contribution is 6.01. The van der Waals surface area contributed by atoms with E-state index in [-0.39, 0.29) is 31.5 Å². The van der Waals surface area contributed by atoms with Crippen molar-refractivity contribution in [2.24, 2.45) is 10.7 Å². The van der Waals surface area contributed by atoms with Gasteiger partial charge >= 0.3 is 0 Å². The number of aliphatic imine (C=N–C) groups is 1. The third-order valence-corrected chi connectivity index (χ3v) is 4.87. The van der Waals surface area contributed by atoms with Crippen LogP contribution in [-0.4, -0.2) is 42.7 Å². The highest BCUT2D eigenvalue weighted by atomic mass is 19.1. The third kappa shape index (κ3) is 5.76. The maximum atomic E-state index is 14.1. The Morgan fingerprint density at radius 3 is 2.77 bits per heavy atom. The van der Waals surface area contributed by atoms with Crippen molar-refractivity contribution in [2.45, 2.75) is 64.5 Å². The van der Waals surface area contributed by atoms with Crippen molar-refractivity contribution in [2.75, 3.05) is 13.1 Å². The summed E-state index contributed by atoms with van der Waals surface area (Å²) in [5.74, 6) is -0.596. The number of rotatable bonds is 8. The summed E-state index contributed by atoms with van der Waals surface area (Å²) in [6.45, 7) is 9.63. The second-order valence-corrected chi connectivity index (χ2v) is 6.80. The predicted molar refractivity (Wildman–Crippen MR) is 103 cm³/mol. The zero-order valence-electron chi connectivity index (χ0n) is 16.0. The summed E-state index contributed by atoms with van der Waals surface area (Å²) in [4.78, 5) is 27.6. The monoisotopic (exact) mass is 366 g/mol. The number of amides is 2. The second-order valence-electron chi connectivity index (χ2n) is 6.80. The normalized spacial score (nSPS) is 26.8. The Morgan fingerprint density at radius 2 is 2.23 bits per heavy atom. The lowest BCUT2D eigenvalue weighted by atomic mass is 9.92. The van der Waals surface area contributed by atoms with Crippen LogP contribution in [0.3, 0.4) is 0 Å². The van der Waals surface area contributed by atoms with Gasteiger partial charge in [-0.05, 0) is 50.7 Å². The zero-order valence-corrected chi connectivity index (χ0v) is 16.0. The molecule has 0 saturated heterocycles. The molecule has 0 aromatic carbocycles. The summed E-state index contributed by atoms with van der Waals surface area (Å²) in [6.07, 6.45) is 3.28.